The Morgan fingerprint density at radius 1 is 1.30 bits per heavy atom. The van der Waals surface area contributed by atoms with Gasteiger partial charge in [0.1, 0.15) is 16.7 Å². The Balaban J connectivity index is 1.85. The number of sulfonamides is 1. The van der Waals surface area contributed by atoms with Gasteiger partial charge in [0.05, 0.1) is 0 Å². The van der Waals surface area contributed by atoms with Gasteiger partial charge in [0, 0.05) is 31.4 Å². The van der Waals surface area contributed by atoms with E-state index in [4.69, 9.17) is 5.26 Å². The number of fused-ring (bicyclic) bond motifs is 2. The minimum atomic E-state index is -3.51. The molecule has 2 saturated heterocycles. The zero-order chi connectivity index (χ0) is 14.2. The second-order valence-corrected chi connectivity index (χ2v) is 7.22. The van der Waals surface area contributed by atoms with Crippen LogP contribution in [0.5, 0.6) is 0 Å². The normalized spacial score (nSPS) is 26.9. The minimum absolute atomic E-state index is 0.161. The van der Waals surface area contributed by atoms with Gasteiger partial charge < -0.3 is 5.32 Å². The van der Waals surface area contributed by atoms with Crippen LogP contribution in [0.25, 0.3) is 0 Å². The number of aromatic nitrogens is 1. The largest absolute Gasteiger partial charge is 0.310 e. The van der Waals surface area contributed by atoms with E-state index in [1.54, 1.807) is 0 Å². The molecule has 0 aliphatic carbocycles. The number of nitrogens with zero attached hydrogens (tertiary/aromatic N) is 3. The fraction of sp³-hybridized carbons (Fsp3) is 0.538. The predicted molar refractivity (Wildman–Crippen MR) is 72.3 cm³/mol. The number of pyridine rings is 1. The molecular formula is C13H16N4O2S. The minimum Gasteiger partial charge on any atom is -0.310 e. The maximum atomic E-state index is 12.6. The van der Waals surface area contributed by atoms with Crippen molar-refractivity contribution in [2.24, 2.45) is 0 Å². The SMILES string of the molecule is N#Cc1ccc(S(=O)(=O)N2CCC3CCC(C2)N3)cn1. The molecule has 3 heterocycles. The molecule has 0 amide bonds. The Kier molecular flexibility index (Phi) is 3.46. The molecule has 0 aromatic carbocycles. The van der Waals surface area contributed by atoms with Crippen LogP contribution in [0.1, 0.15) is 25.0 Å². The molecule has 3 rings (SSSR count). The summed E-state index contributed by atoms with van der Waals surface area (Å²) in [5, 5.41) is 12.2. The van der Waals surface area contributed by atoms with Gasteiger partial charge in [0.2, 0.25) is 10.0 Å². The van der Waals surface area contributed by atoms with Crippen molar-refractivity contribution in [3.63, 3.8) is 0 Å². The first-order valence-corrected chi connectivity index (χ1v) is 8.16. The molecule has 1 aromatic heterocycles. The van der Waals surface area contributed by atoms with Crippen LogP contribution < -0.4 is 5.32 Å². The zero-order valence-corrected chi connectivity index (χ0v) is 11.8. The average molecular weight is 292 g/mol. The Hall–Kier alpha value is -1.49. The lowest BCUT2D eigenvalue weighted by Crippen LogP contribution is -2.39. The standard InChI is InChI=1S/C13H16N4O2S/c14-7-11-3-4-13(8-15-11)20(18,19)17-6-5-10-1-2-12(9-17)16-10/h3-4,8,10,12,16H,1-2,5-6,9H2. The zero-order valence-electron chi connectivity index (χ0n) is 11.0. The van der Waals surface area contributed by atoms with Crippen LogP contribution in [0.3, 0.4) is 0 Å². The second kappa shape index (κ2) is 5.13. The number of hydrogen-bond donors (Lipinski definition) is 1. The van der Waals surface area contributed by atoms with Crippen LogP contribution in [-0.4, -0.2) is 42.9 Å². The predicted octanol–water partition coefficient (Wildman–Crippen LogP) is 0.468. The monoisotopic (exact) mass is 292 g/mol. The highest BCUT2D eigenvalue weighted by atomic mass is 32.2. The highest BCUT2D eigenvalue weighted by Gasteiger charge is 2.34. The lowest BCUT2D eigenvalue weighted by Gasteiger charge is -2.23. The van der Waals surface area contributed by atoms with Crippen molar-refractivity contribution in [2.75, 3.05) is 13.1 Å². The summed E-state index contributed by atoms with van der Waals surface area (Å²) in [4.78, 5) is 4.01. The molecule has 1 N–H and O–H groups in total. The lowest BCUT2D eigenvalue weighted by atomic mass is 10.1. The Bertz CT molecular complexity index is 635. The van der Waals surface area contributed by atoms with E-state index < -0.39 is 10.0 Å². The van der Waals surface area contributed by atoms with Gasteiger partial charge in [0.15, 0.2) is 0 Å². The van der Waals surface area contributed by atoms with Gasteiger partial charge in [0.25, 0.3) is 0 Å². The van der Waals surface area contributed by atoms with E-state index in [0.29, 0.717) is 19.1 Å². The van der Waals surface area contributed by atoms with Crippen LogP contribution in [0.15, 0.2) is 23.2 Å². The maximum absolute atomic E-state index is 12.6. The van der Waals surface area contributed by atoms with Gasteiger partial charge in [-0.3, -0.25) is 0 Å². The summed E-state index contributed by atoms with van der Waals surface area (Å²) in [7, 11) is -3.51. The molecule has 0 radical (unpaired) electrons. The summed E-state index contributed by atoms with van der Waals surface area (Å²) in [5.74, 6) is 0. The van der Waals surface area contributed by atoms with Crippen molar-refractivity contribution in [1.82, 2.24) is 14.6 Å². The molecule has 6 nitrogen and oxygen atoms in total. The van der Waals surface area contributed by atoms with Gasteiger partial charge >= 0.3 is 0 Å². The summed E-state index contributed by atoms with van der Waals surface area (Å²) in [6, 6.07) is 5.48. The number of hydrogen-bond acceptors (Lipinski definition) is 5. The van der Waals surface area contributed by atoms with Gasteiger partial charge in [-0.25, -0.2) is 13.4 Å². The van der Waals surface area contributed by atoms with Crippen molar-refractivity contribution >= 4 is 10.0 Å². The molecule has 7 heteroatoms. The quantitative estimate of drug-likeness (QED) is 0.856. The summed E-state index contributed by atoms with van der Waals surface area (Å²) in [6.45, 7) is 1.05. The Morgan fingerprint density at radius 3 is 2.80 bits per heavy atom. The summed E-state index contributed by atoms with van der Waals surface area (Å²) >= 11 is 0. The van der Waals surface area contributed by atoms with E-state index in [1.165, 1.54) is 22.6 Å². The second-order valence-electron chi connectivity index (χ2n) is 5.28. The van der Waals surface area contributed by atoms with Gasteiger partial charge in [-0.15, -0.1) is 0 Å². The molecule has 106 valence electrons. The molecule has 1 aromatic rings. The van der Waals surface area contributed by atoms with Gasteiger partial charge in [-0.1, -0.05) is 0 Å². The number of nitrogens with one attached hydrogen (secondary N) is 1. The fourth-order valence-corrected chi connectivity index (χ4v) is 4.32. The highest BCUT2D eigenvalue weighted by Crippen LogP contribution is 2.24. The van der Waals surface area contributed by atoms with Crippen LogP contribution in [-0.2, 0) is 10.0 Å². The first-order chi connectivity index (χ1) is 9.59. The molecule has 0 saturated carbocycles. The van der Waals surface area contributed by atoms with Gasteiger partial charge in [-0.2, -0.15) is 9.57 Å². The van der Waals surface area contributed by atoms with E-state index in [-0.39, 0.29) is 16.6 Å². The van der Waals surface area contributed by atoms with E-state index in [1.807, 2.05) is 6.07 Å². The third-order valence-corrected chi connectivity index (χ3v) is 5.82. The van der Waals surface area contributed by atoms with Crippen LogP contribution in [0, 0.1) is 11.3 Å². The number of rotatable bonds is 2. The molecule has 2 bridgehead atoms. The average Bonchev–Trinajstić information content (AvgIpc) is 2.77. The molecule has 20 heavy (non-hydrogen) atoms. The molecular weight excluding hydrogens is 276 g/mol. The Morgan fingerprint density at radius 2 is 2.10 bits per heavy atom. The molecule has 2 aliphatic heterocycles. The van der Waals surface area contributed by atoms with Crippen molar-refractivity contribution in [2.45, 2.75) is 36.2 Å². The van der Waals surface area contributed by atoms with Crippen molar-refractivity contribution in [1.29, 1.82) is 5.26 Å². The molecule has 2 unspecified atom stereocenters. The maximum Gasteiger partial charge on any atom is 0.244 e. The Labute approximate surface area is 118 Å². The van der Waals surface area contributed by atoms with Crippen LogP contribution >= 0.6 is 0 Å². The summed E-state index contributed by atoms with van der Waals surface area (Å²) in [6.07, 6.45) is 4.28. The molecule has 2 atom stereocenters. The van der Waals surface area contributed by atoms with E-state index in [0.717, 1.165) is 19.3 Å². The lowest BCUT2D eigenvalue weighted by molar-refractivity contribution is 0.383. The first-order valence-electron chi connectivity index (χ1n) is 6.72. The number of nitriles is 1. The molecule has 2 fully saturated rings. The molecule has 2 aliphatic rings. The smallest absolute Gasteiger partial charge is 0.244 e. The third-order valence-electron chi connectivity index (χ3n) is 3.97. The highest BCUT2D eigenvalue weighted by molar-refractivity contribution is 7.89. The van der Waals surface area contributed by atoms with Crippen LogP contribution in [0.4, 0.5) is 0 Å². The van der Waals surface area contributed by atoms with Crippen molar-refractivity contribution in [3.8, 4) is 6.07 Å². The summed E-state index contributed by atoms with van der Waals surface area (Å²) < 4.78 is 26.7. The first kappa shape index (κ1) is 13.5. The van der Waals surface area contributed by atoms with E-state index >= 15 is 0 Å². The fourth-order valence-electron chi connectivity index (χ4n) is 2.88. The van der Waals surface area contributed by atoms with Crippen molar-refractivity contribution in [3.05, 3.63) is 24.0 Å². The van der Waals surface area contributed by atoms with Crippen molar-refractivity contribution < 1.29 is 8.42 Å². The molecule has 0 spiro atoms. The topological polar surface area (TPSA) is 86.1 Å². The van der Waals surface area contributed by atoms with E-state index in [2.05, 4.69) is 10.3 Å². The summed E-state index contributed by atoms with van der Waals surface area (Å²) in [5.41, 5.74) is 0.223. The van der Waals surface area contributed by atoms with E-state index in [9.17, 15) is 8.42 Å². The third kappa shape index (κ3) is 2.42. The van der Waals surface area contributed by atoms with Gasteiger partial charge in [-0.05, 0) is 31.4 Å². The van der Waals surface area contributed by atoms with Crippen LogP contribution in [0.2, 0.25) is 0 Å².